The molecule has 0 saturated heterocycles. The van der Waals surface area contributed by atoms with Crippen LogP contribution >= 0.6 is 0 Å². The number of nitro groups is 1. The molecule has 4 N–H and O–H groups in total. The molecule has 0 aliphatic heterocycles. The summed E-state index contributed by atoms with van der Waals surface area (Å²) in [5, 5.41) is 10.6. The SMILES string of the molecule is NC(N)c1ccc(OCCCCCOc2ccc([N+](=O)[O-])cc2)cc1. The fourth-order valence-electron chi connectivity index (χ4n) is 2.21. The molecular formula is C18H23N3O4. The summed E-state index contributed by atoms with van der Waals surface area (Å²) in [6.07, 6.45) is 2.31. The van der Waals surface area contributed by atoms with Gasteiger partial charge in [-0.2, -0.15) is 0 Å². The third-order valence-electron chi connectivity index (χ3n) is 3.64. The van der Waals surface area contributed by atoms with E-state index < -0.39 is 11.1 Å². The monoisotopic (exact) mass is 345 g/mol. The first-order valence-corrected chi connectivity index (χ1v) is 8.17. The molecule has 0 atom stereocenters. The number of benzene rings is 2. The van der Waals surface area contributed by atoms with Crippen LogP contribution < -0.4 is 20.9 Å². The van der Waals surface area contributed by atoms with Gasteiger partial charge in [-0.15, -0.1) is 0 Å². The average Bonchev–Trinajstić information content (AvgIpc) is 2.61. The van der Waals surface area contributed by atoms with E-state index >= 15 is 0 Å². The molecule has 134 valence electrons. The van der Waals surface area contributed by atoms with E-state index in [9.17, 15) is 10.1 Å². The lowest BCUT2D eigenvalue weighted by molar-refractivity contribution is -0.384. The van der Waals surface area contributed by atoms with Gasteiger partial charge < -0.3 is 20.9 Å². The van der Waals surface area contributed by atoms with Crippen LogP contribution in [0.1, 0.15) is 31.0 Å². The number of non-ortho nitro benzene ring substituents is 1. The van der Waals surface area contributed by atoms with Crippen LogP contribution in [-0.2, 0) is 0 Å². The van der Waals surface area contributed by atoms with E-state index in [1.165, 1.54) is 12.1 Å². The van der Waals surface area contributed by atoms with Gasteiger partial charge in [-0.05, 0) is 49.1 Å². The minimum absolute atomic E-state index is 0.0611. The molecule has 2 aromatic carbocycles. The first kappa shape index (κ1) is 18.7. The second-order valence-corrected chi connectivity index (χ2v) is 5.60. The van der Waals surface area contributed by atoms with E-state index in [0.29, 0.717) is 19.0 Å². The molecule has 0 aliphatic carbocycles. The van der Waals surface area contributed by atoms with Gasteiger partial charge in [0.2, 0.25) is 0 Å². The first-order chi connectivity index (χ1) is 12.1. The highest BCUT2D eigenvalue weighted by Crippen LogP contribution is 2.18. The standard InChI is InChI=1S/C18H23N3O4/c19-18(20)14-4-8-16(9-5-14)24-12-2-1-3-13-25-17-10-6-15(7-11-17)21(22)23/h4-11,18H,1-3,12-13,19-20H2. The van der Waals surface area contributed by atoms with Crippen molar-refractivity contribution < 1.29 is 14.4 Å². The predicted octanol–water partition coefficient (Wildman–Crippen LogP) is 3.14. The van der Waals surface area contributed by atoms with Crippen molar-refractivity contribution in [2.75, 3.05) is 13.2 Å². The highest BCUT2D eigenvalue weighted by atomic mass is 16.6. The zero-order chi connectivity index (χ0) is 18.1. The number of hydrogen-bond donors (Lipinski definition) is 2. The van der Waals surface area contributed by atoms with Gasteiger partial charge in [0.05, 0.1) is 24.3 Å². The van der Waals surface area contributed by atoms with E-state index in [2.05, 4.69) is 0 Å². The minimum Gasteiger partial charge on any atom is -0.494 e. The molecule has 0 fully saturated rings. The van der Waals surface area contributed by atoms with E-state index in [1.807, 2.05) is 24.3 Å². The summed E-state index contributed by atoms with van der Waals surface area (Å²) < 4.78 is 11.2. The van der Waals surface area contributed by atoms with Gasteiger partial charge in [0.25, 0.3) is 5.69 Å². The molecule has 0 heterocycles. The summed E-state index contributed by atoms with van der Waals surface area (Å²) in [5.74, 6) is 1.44. The lowest BCUT2D eigenvalue weighted by Gasteiger charge is -2.09. The van der Waals surface area contributed by atoms with Crippen LogP contribution in [0.15, 0.2) is 48.5 Å². The summed E-state index contributed by atoms with van der Waals surface area (Å²) >= 11 is 0. The molecule has 0 saturated carbocycles. The molecule has 0 spiro atoms. The van der Waals surface area contributed by atoms with Crippen molar-refractivity contribution in [3.8, 4) is 11.5 Å². The zero-order valence-corrected chi connectivity index (χ0v) is 14.0. The normalized spacial score (nSPS) is 10.7. The Balaban J connectivity index is 1.56. The number of rotatable bonds is 10. The molecule has 2 rings (SSSR count). The van der Waals surface area contributed by atoms with Crippen molar-refractivity contribution in [1.29, 1.82) is 0 Å². The third-order valence-corrected chi connectivity index (χ3v) is 3.64. The van der Waals surface area contributed by atoms with Crippen molar-refractivity contribution >= 4 is 5.69 Å². The highest BCUT2D eigenvalue weighted by Gasteiger charge is 2.04. The van der Waals surface area contributed by atoms with Gasteiger partial charge in [-0.25, -0.2) is 0 Å². The number of nitro benzene ring substituents is 1. The highest BCUT2D eigenvalue weighted by molar-refractivity contribution is 5.35. The summed E-state index contributed by atoms with van der Waals surface area (Å²) in [7, 11) is 0. The Morgan fingerprint density at radius 1 is 0.840 bits per heavy atom. The van der Waals surface area contributed by atoms with Crippen LogP contribution in [0.3, 0.4) is 0 Å². The quantitative estimate of drug-likeness (QED) is 0.296. The summed E-state index contributed by atoms with van der Waals surface area (Å²) in [5.41, 5.74) is 12.1. The van der Waals surface area contributed by atoms with Crippen LogP contribution in [0.4, 0.5) is 5.69 Å². The maximum absolute atomic E-state index is 10.6. The Kier molecular flexibility index (Phi) is 7.18. The topological polar surface area (TPSA) is 114 Å². The maximum atomic E-state index is 10.6. The molecule has 0 radical (unpaired) electrons. The van der Waals surface area contributed by atoms with Gasteiger partial charge in [0.15, 0.2) is 0 Å². The second-order valence-electron chi connectivity index (χ2n) is 5.60. The van der Waals surface area contributed by atoms with E-state index in [4.69, 9.17) is 20.9 Å². The Bertz CT molecular complexity index is 657. The predicted molar refractivity (Wildman–Crippen MR) is 95.5 cm³/mol. The van der Waals surface area contributed by atoms with E-state index in [-0.39, 0.29) is 5.69 Å². The Hall–Kier alpha value is -2.64. The molecule has 7 heteroatoms. The Labute approximate surface area is 146 Å². The number of nitrogens with zero attached hydrogens (tertiary/aromatic N) is 1. The Morgan fingerprint density at radius 2 is 1.32 bits per heavy atom. The number of hydrogen-bond acceptors (Lipinski definition) is 6. The largest absolute Gasteiger partial charge is 0.494 e. The average molecular weight is 345 g/mol. The minimum atomic E-state index is -0.468. The van der Waals surface area contributed by atoms with Gasteiger partial charge in [0.1, 0.15) is 11.5 Å². The Morgan fingerprint density at radius 3 is 1.76 bits per heavy atom. The third kappa shape index (κ3) is 6.40. The molecule has 25 heavy (non-hydrogen) atoms. The van der Waals surface area contributed by atoms with Gasteiger partial charge in [-0.3, -0.25) is 10.1 Å². The molecule has 0 amide bonds. The van der Waals surface area contributed by atoms with Gasteiger partial charge in [0, 0.05) is 12.1 Å². The second kappa shape index (κ2) is 9.61. The number of unbranched alkanes of at least 4 members (excludes halogenated alkanes) is 2. The smallest absolute Gasteiger partial charge is 0.269 e. The molecule has 2 aromatic rings. The van der Waals surface area contributed by atoms with Gasteiger partial charge in [-0.1, -0.05) is 12.1 Å². The summed E-state index contributed by atoms with van der Waals surface area (Å²) in [6, 6.07) is 13.5. The van der Waals surface area contributed by atoms with Crippen LogP contribution in [0.5, 0.6) is 11.5 Å². The molecule has 0 bridgehead atoms. The molecule has 0 aromatic heterocycles. The summed E-state index contributed by atoms with van der Waals surface area (Å²) in [4.78, 5) is 10.1. The molecule has 7 nitrogen and oxygen atoms in total. The first-order valence-electron chi connectivity index (χ1n) is 8.17. The van der Waals surface area contributed by atoms with Crippen molar-refractivity contribution in [2.24, 2.45) is 11.5 Å². The number of nitrogens with two attached hydrogens (primary N) is 2. The summed E-state index contributed by atoms with van der Waals surface area (Å²) in [6.45, 7) is 1.20. The van der Waals surface area contributed by atoms with Crippen LogP contribution in [0, 0.1) is 10.1 Å². The van der Waals surface area contributed by atoms with E-state index in [1.54, 1.807) is 12.1 Å². The van der Waals surface area contributed by atoms with Crippen molar-refractivity contribution in [3.63, 3.8) is 0 Å². The maximum Gasteiger partial charge on any atom is 0.269 e. The fraction of sp³-hybridized carbons (Fsp3) is 0.333. The fourth-order valence-corrected chi connectivity index (χ4v) is 2.21. The lowest BCUT2D eigenvalue weighted by Crippen LogP contribution is -2.19. The van der Waals surface area contributed by atoms with E-state index in [0.717, 1.165) is 30.6 Å². The molecule has 0 aliphatic rings. The van der Waals surface area contributed by atoms with Crippen molar-refractivity contribution in [3.05, 3.63) is 64.2 Å². The lowest BCUT2D eigenvalue weighted by atomic mass is 10.2. The van der Waals surface area contributed by atoms with Crippen molar-refractivity contribution in [2.45, 2.75) is 25.4 Å². The zero-order valence-electron chi connectivity index (χ0n) is 14.0. The molecule has 0 unspecified atom stereocenters. The van der Waals surface area contributed by atoms with Crippen LogP contribution in [0.2, 0.25) is 0 Å². The molecular weight excluding hydrogens is 322 g/mol. The van der Waals surface area contributed by atoms with Crippen LogP contribution in [-0.4, -0.2) is 18.1 Å². The van der Waals surface area contributed by atoms with Crippen LogP contribution in [0.25, 0.3) is 0 Å². The van der Waals surface area contributed by atoms with Crippen molar-refractivity contribution in [1.82, 2.24) is 0 Å². The van der Waals surface area contributed by atoms with Gasteiger partial charge >= 0.3 is 0 Å². The number of ether oxygens (including phenoxy) is 2.